The van der Waals surface area contributed by atoms with Crippen LogP contribution in [0.1, 0.15) is 21.5 Å². The van der Waals surface area contributed by atoms with Gasteiger partial charge in [0.15, 0.2) is 0 Å². The van der Waals surface area contributed by atoms with Crippen molar-refractivity contribution < 1.29 is 22.8 Å². The van der Waals surface area contributed by atoms with Crippen molar-refractivity contribution in [2.45, 2.75) is 13.1 Å². The number of carbonyl (C=O) groups excluding carboxylic acids is 2. The highest BCUT2D eigenvalue weighted by Crippen LogP contribution is 2.33. The van der Waals surface area contributed by atoms with E-state index in [9.17, 15) is 22.8 Å². The second-order valence-corrected chi connectivity index (χ2v) is 8.16. The fraction of sp³-hybridized carbons (Fsp3) is 0.231. The summed E-state index contributed by atoms with van der Waals surface area (Å²) in [5, 5.41) is 8.78. The van der Waals surface area contributed by atoms with Crippen LogP contribution in [0.15, 0.2) is 66.7 Å². The molecule has 0 heterocycles. The Morgan fingerprint density at radius 2 is 1.49 bits per heavy atom. The summed E-state index contributed by atoms with van der Waals surface area (Å²) in [4.78, 5) is 26.0. The number of urea groups is 1. The number of hydrogen-bond acceptors (Lipinski definition) is 3. The molecule has 3 N–H and O–H groups in total. The van der Waals surface area contributed by atoms with Gasteiger partial charge < -0.3 is 20.9 Å². The fourth-order valence-corrected chi connectivity index (χ4v) is 3.47. The molecular weight excluding hydrogens is 457 g/mol. The first-order valence-electron chi connectivity index (χ1n) is 10.9. The maximum Gasteiger partial charge on any atom is 0.416 e. The Balaban J connectivity index is 1.68. The van der Waals surface area contributed by atoms with Gasteiger partial charge in [-0.05, 0) is 66.1 Å². The second-order valence-electron chi connectivity index (χ2n) is 8.16. The number of carbonyl (C=O) groups is 2. The molecule has 0 saturated heterocycles. The lowest BCUT2D eigenvalue weighted by Gasteiger charge is -2.15. The molecule has 3 amide bonds. The maximum absolute atomic E-state index is 13.1. The van der Waals surface area contributed by atoms with Crippen LogP contribution < -0.4 is 16.0 Å². The fourth-order valence-electron chi connectivity index (χ4n) is 3.47. The Morgan fingerprint density at radius 3 is 2.09 bits per heavy atom. The van der Waals surface area contributed by atoms with Crippen molar-refractivity contribution in [3.05, 3.63) is 83.4 Å². The Labute approximate surface area is 202 Å². The topological polar surface area (TPSA) is 73.5 Å². The molecule has 0 aromatic heterocycles. The highest BCUT2D eigenvalue weighted by atomic mass is 19.4. The Morgan fingerprint density at radius 1 is 0.857 bits per heavy atom. The van der Waals surface area contributed by atoms with Crippen molar-refractivity contribution in [1.82, 2.24) is 10.2 Å². The summed E-state index contributed by atoms with van der Waals surface area (Å²) in [5.74, 6) is -0.365. The van der Waals surface area contributed by atoms with E-state index in [2.05, 4.69) is 16.0 Å². The summed E-state index contributed by atoms with van der Waals surface area (Å²) in [5.41, 5.74) is 2.90. The summed E-state index contributed by atoms with van der Waals surface area (Å²) in [7, 11) is 3.33. The maximum atomic E-state index is 13.1. The van der Waals surface area contributed by atoms with Crippen molar-refractivity contribution in [2.75, 3.05) is 37.8 Å². The predicted octanol–water partition coefficient (Wildman–Crippen LogP) is 5.62. The van der Waals surface area contributed by atoms with Gasteiger partial charge in [0.2, 0.25) is 0 Å². The Kier molecular flexibility index (Phi) is 8.01. The van der Waals surface area contributed by atoms with Gasteiger partial charge >= 0.3 is 12.2 Å². The summed E-state index contributed by atoms with van der Waals surface area (Å²) < 4.78 is 38.8. The minimum atomic E-state index is -4.42. The highest BCUT2D eigenvalue weighted by molar-refractivity contribution is 6.09. The third-order valence-corrected chi connectivity index (χ3v) is 5.30. The summed E-state index contributed by atoms with van der Waals surface area (Å²) in [6.07, 6.45) is -4.42. The average Bonchev–Trinajstić information content (AvgIpc) is 2.82. The van der Waals surface area contributed by atoms with Gasteiger partial charge in [0.1, 0.15) is 0 Å². The third-order valence-electron chi connectivity index (χ3n) is 5.30. The first-order chi connectivity index (χ1) is 16.6. The molecule has 184 valence electrons. The third kappa shape index (κ3) is 6.75. The number of hydrogen-bond donors (Lipinski definition) is 3. The summed E-state index contributed by atoms with van der Waals surface area (Å²) in [6, 6.07) is 16.9. The molecule has 3 aromatic rings. The van der Waals surface area contributed by atoms with E-state index in [0.717, 1.165) is 23.4 Å². The van der Waals surface area contributed by atoms with Gasteiger partial charge in [-0.25, -0.2) is 4.79 Å². The van der Waals surface area contributed by atoms with Crippen LogP contribution in [-0.4, -0.2) is 44.0 Å². The van der Waals surface area contributed by atoms with E-state index < -0.39 is 11.7 Å². The number of halogens is 3. The molecule has 3 aromatic carbocycles. The molecule has 0 radical (unpaired) electrons. The number of amides is 3. The molecular formula is C26H27F3N4O2. The van der Waals surface area contributed by atoms with Crippen molar-refractivity contribution in [3.63, 3.8) is 0 Å². The van der Waals surface area contributed by atoms with Crippen molar-refractivity contribution in [3.8, 4) is 11.1 Å². The van der Waals surface area contributed by atoms with Gasteiger partial charge in [-0.2, -0.15) is 13.2 Å². The zero-order valence-electron chi connectivity index (χ0n) is 19.7. The smallest absolute Gasteiger partial charge is 0.383 e. The van der Waals surface area contributed by atoms with E-state index in [-0.39, 0.29) is 11.9 Å². The summed E-state index contributed by atoms with van der Waals surface area (Å²) >= 11 is 0. The second kappa shape index (κ2) is 10.9. The van der Waals surface area contributed by atoms with Gasteiger partial charge in [-0.1, -0.05) is 24.3 Å². The molecule has 3 rings (SSSR count). The molecule has 6 nitrogen and oxygen atoms in total. The minimum Gasteiger partial charge on any atom is -0.383 e. The van der Waals surface area contributed by atoms with Crippen LogP contribution in [0.2, 0.25) is 0 Å². The van der Waals surface area contributed by atoms with Crippen LogP contribution in [0.5, 0.6) is 0 Å². The molecule has 0 fully saturated rings. The number of nitrogens with one attached hydrogen (secondary N) is 3. The molecule has 0 aliphatic heterocycles. The molecule has 0 saturated carbocycles. The molecule has 0 aliphatic rings. The number of aryl methyl sites for hydroxylation is 1. The highest BCUT2D eigenvalue weighted by Gasteiger charge is 2.30. The van der Waals surface area contributed by atoms with Crippen molar-refractivity contribution in [2.24, 2.45) is 0 Å². The van der Waals surface area contributed by atoms with Gasteiger partial charge in [-0.3, -0.25) is 4.79 Å². The summed E-state index contributed by atoms with van der Waals surface area (Å²) in [6.45, 7) is 2.80. The van der Waals surface area contributed by atoms with Crippen LogP contribution in [0.3, 0.4) is 0 Å². The van der Waals surface area contributed by atoms with Crippen LogP contribution in [0.25, 0.3) is 11.1 Å². The first-order valence-corrected chi connectivity index (χ1v) is 10.9. The molecule has 9 heteroatoms. The van der Waals surface area contributed by atoms with Gasteiger partial charge in [0.25, 0.3) is 5.91 Å². The molecule has 35 heavy (non-hydrogen) atoms. The lowest BCUT2D eigenvalue weighted by Crippen LogP contribution is -2.37. The quantitative estimate of drug-likeness (QED) is 0.382. The predicted molar refractivity (Wildman–Crippen MR) is 132 cm³/mol. The van der Waals surface area contributed by atoms with E-state index in [1.807, 2.05) is 13.0 Å². The zero-order valence-corrected chi connectivity index (χ0v) is 19.7. The largest absolute Gasteiger partial charge is 0.416 e. The molecule has 0 unspecified atom stereocenters. The van der Waals surface area contributed by atoms with Gasteiger partial charge in [0.05, 0.1) is 5.56 Å². The van der Waals surface area contributed by atoms with E-state index in [0.29, 0.717) is 35.5 Å². The van der Waals surface area contributed by atoms with Crippen molar-refractivity contribution in [1.29, 1.82) is 0 Å². The number of anilines is 2. The lowest BCUT2D eigenvalue weighted by atomic mass is 9.94. The average molecular weight is 485 g/mol. The number of rotatable bonds is 7. The Hall–Kier alpha value is -4.01. The van der Waals surface area contributed by atoms with E-state index in [1.165, 1.54) is 17.0 Å². The zero-order chi connectivity index (χ0) is 25.6. The number of alkyl halides is 3. The normalized spacial score (nSPS) is 11.0. The molecule has 0 atom stereocenters. The molecule has 0 spiro atoms. The monoisotopic (exact) mass is 484 g/mol. The molecule has 0 aliphatic carbocycles. The number of nitrogens with zero attached hydrogens (tertiary/aromatic N) is 1. The van der Waals surface area contributed by atoms with Gasteiger partial charge in [-0.15, -0.1) is 0 Å². The van der Waals surface area contributed by atoms with E-state index >= 15 is 0 Å². The SMILES string of the molecule is Cc1cccc(C(=O)Nc2ccc(NCCNC(=O)N(C)C)cc2)c1-c1ccc(C(F)(F)F)cc1. The van der Waals surface area contributed by atoms with E-state index in [4.69, 9.17) is 0 Å². The van der Waals surface area contributed by atoms with Crippen molar-refractivity contribution >= 4 is 23.3 Å². The minimum absolute atomic E-state index is 0.170. The van der Waals surface area contributed by atoms with Crippen LogP contribution in [0, 0.1) is 6.92 Å². The van der Waals surface area contributed by atoms with Crippen LogP contribution in [0.4, 0.5) is 29.3 Å². The van der Waals surface area contributed by atoms with Gasteiger partial charge in [0, 0.05) is 44.1 Å². The standard InChI is InChI=1S/C26H27F3N4O2/c1-17-5-4-6-22(23(17)18-7-9-19(10-8-18)26(27,28)29)24(34)32-21-13-11-20(12-14-21)30-15-16-31-25(35)33(2)3/h4-14,30H,15-16H2,1-3H3,(H,31,35)(H,32,34). The van der Waals surface area contributed by atoms with E-state index in [1.54, 1.807) is 50.5 Å². The lowest BCUT2D eigenvalue weighted by molar-refractivity contribution is -0.137. The molecule has 0 bridgehead atoms. The number of benzene rings is 3. The van der Waals surface area contributed by atoms with Crippen LogP contribution >= 0.6 is 0 Å². The van der Waals surface area contributed by atoms with Crippen LogP contribution in [-0.2, 0) is 6.18 Å². The first kappa shape index (κ1) is 25.6. The Bertz CT molecular complexity index is 1170.